The average molecular weight is 239 g/mol. The molecule has 5 nitrogen and oxygen atoms in total. The van der Waals surface area contributed by atoms with E-state index in [0.29, 0.717) is 16.6 Å². The Morgan fingerprint density at radius 3 is 3.12 bits per heavy atom. The van der Waals surface area contributed by atoms with E-state index in [1.165, 1.54) is 0 Å². The van der Waals surface area contributed by atoms with E-state index in [4.69, 9.17) is 16.3 Å². The van der Waals surface area contributed by atoms with Crippen LogP contribution in [0.4, 0.5) is 0 Å². The van der Waals surface area contributed by atoms with Crippen LogP contribution in [0.15, 0.2) is 6.20 Å². The first kappa shape index (κ1) is 9.99. The predicted molar refractivity (Wildman–Crippen MR) is 59.2 cm³/mol. The van der Waals surface area contributed by atoms with Gasteiger partial charge in [-0.25, -0.2) is 9.97 Å². The summed E-state index contributed by atoms with van der Waals surface area (Å²) in [6.45, 7) is 0.770. The summed E-state index contributed by atoms with van der Waals surface area (Å²) in [5.41, 5.74) is 0.671. The molecule has 0 bridgehead atoms. The van der Waals surface area contributed by atoms with Gasteiger partial charge >= 0.3 is 0 Å². The molecule has 16 heavy (non-hydrogen) atoms. The Bertz CT molecular complexity index is 506. The molecule has 0 amide bonds. The quantitative estimate of drug-likeness (QED) is 0.774. The first-order chi connectivity index (χ1) is 7.84. The summed E-state index contributed by atoms with van der Waals surface area (Å²) in [4.78, 5) is 8.65. The molecule has 3 rings (SSSR count). The molecule has 0 aliphatic carbocycles. The van der Waals surface area contributed by atoms with Gasteiger partial charge in [-0.05, 0) is 19.3 Å². The summed E-state index contributed by atoms with van der Waals surface area (Å²) in [5.74, 6) is 0.654. The van der Waals surface area contributed by atoms with Gasteiger partial charge in [0.15, 0.2) is 11.5 Å². The van der Waals surface area contributed by atoms with Gasteiger partial charge < -0.3 is 4.74 Å². The zero-order chi connectivity index (χ0) is 11.0. The van der Waals surface area contributed by atoms with E-state index in [2.05, 4.69) is 20.2 Å². The molecule has 2 aromatic rings. The first-order valence-corrected chi connectivity index (χ1v) is 5.70. The van der Waals surface area contributed by atoms with Gasteiger partial charge in [0, 0.05) is 6.61 Å². The van der Waals surface area contributed by atoms with Crippen molar-refractivity contribution in [3.05, 3.63) is 17.2 Å². The van der Waals surface area contributed by atoms with Crippen LogP contribution in [0.1, 0.15) is 31.2 Å². The number of halogens is 1. The second-order valence-electron chi connectivity index (χ2n) is 3.86. The van der Waals surface area contributed by atoms with Gasteiger partial charge in [-0.1, -0.05) is 11.6 Å². The van der Waals surface area contributed by atoms with Crippen LogP contribution in [0.25, 0.3) is 11.0 Å². The number of hydrogen-bond acceptors (Lipinski definition) is 4. The molecular formula is C10H11ClN4O. The Balaban J connectivity index is 2.02. The molecule has 1 N–H and O–H groups in total. The Morgan fingerprint density at radius 2 is 2.31 bits per heavy atom. The van der Waals surface area contributed by atoms with Crippen molar-refractivity contribution in [1.82, 2.24) is 20.2 Å². The lowest BCUT2D eigenvalue weighted by atomic mass is 10.1. The first-order valence-electron chi connectivity index (χ1n) is 5.33. The molecule has 0 aromatic carbocycles. The van der Waals surface area contributed by atoms with Crippen LogP contribution in [-0.4, -0.2) is 26.8 Å². The Kier molecular flexibility index (Phi) is 2.49. The Morgan fingerprint density at radius 1 is 1.38 bits per heavy atom. The van der Waals surface area contributed by atoms with Crippen molar-refractivity contribution < 1.29 is 4.74 Å². The molecule has 1 aliphatic rings. The zero-order valence-electron chi connectivity index (χ0n) is 8.61. The topological polar surface area (TPSA) is 63.7 Å². The number of aromatic amines is 1. The number of H-pyrrole nitrogens is 1. The number of rotatable bonds is 1. The van der Waals surface area contributed by atoms with E-state index in [1.54, 1.807) is 6.20 Å². The van der Waals surface area contributed by atoms with Crippen molar-refractivity contribution in [1.29, 1.82) is 0 Å². The van der Waals surface area contributed by atoms with E-state index in [-0.39, 0.29) is 6.10 Å². The molecule has 3 heterocycles. The fourth-order valence-corrected chi connectivity index (χ4v) is 2.13. The normalized spacial score (nSPS) is 21.4. The molecule has 1 unspecified atom stereocenters. The van der Waals surface area contributed by atoms with Crippen LogP contribution in [0.2, 0.25) is 5.15 Å². The highest BCUT2D eigenvalue weighted by atomic mass is 35.5. The highest BCUT2D eigenvalue weighted by Gasteiger charge is 2.20. The molecule has 0 spiro atoms. The van der Waals surface area contributed by atoms with Crippen molar-refractivity contribution >= 4 is 22.6 Å². The van der Waals surface area contributed by atoms with Crippen LogP contribution in [0.3, 0.4) is 0 Å². The summed E-state index contributed by atoms with van der Waals surface area (Å²) in [6, 6.07) is 0. The minimum Gasteiger partial charge on any atom is -0.370 e. The Hall–Kier alpha value is -1.20. The third-order valence-corrected chi connectivity index (χ3v) is 3.04. The van der Waals surface area contributed by atoms with Crippen molar-refractivity contribution in [2.24, 2.45) is 0 Å². The number of ether oxygens (including phenoxy) is 1. The second kappa shape index (κ2) is 3.99. The van der Waals surface area contributed by atoms with Gasteiger partial charge in [0.2, 0.25) is 0 Å². The summed E-state index contributed by atoms with van der Waals surface area (Å²) >= 11 is 6.06. The molecule has 1 aliphatic heterocycles. The minimum absolute atomic E-state index is 0.0288. The van der Waals surface area contributed by atoms with Crippen LogP contribution in [-0.2, 0) is 4.74 Å². The van der Waals surface area contributed by atoms with E-state index in [0.717, 1.165) is 31.3 Å². The van der Waals surface area contributed by atoms with E-state index >= 15 is 0 Å². The van der Waals surface area contributed by atoms with Gasteiger partial charge in [0.1, 0.15) is 11.3 Å². The maximum atomic E-state index is 6.06. The number of hydrogen-bond donors (Lipinski definition) is 1. The standard InChI is InChI=1S/C10H11ClN4O/c11-8-6-5-12-15-9(6)14-10(13-8)7-3-1-2-4-16-7/h5,7H,1-4H2,(H,12,13,14,15). The molecule has 0 radical (unpaired) electrons. The summed E-state index contributed by atoms with van der Waals surface area (Å²) in [6.07, 6.45) is 4.81. The lowest BCUT2D eigenvalue weighted by Crippen LogP contribution is -2.14. The molecule has 1 saturated heterocycles. The molecule has 1 atom stereocenters. The summed E-state index contributed by atoms with van der Waals surface area (Å²) in [5, 5.41) is 7.88. The van der Waals surface area contributed by atoms with Crippen molar-refractivity contribution in [3.63, 3.8) is 0 Å². The fourth-order valence-electron chi connectivity index (χ4n) is 1.90. The fraction of sp³-hybridized carbons (Fsp3) is 0.500. The molecule has 6 heteroatoms. The van der Waals surface area contributed by atoms with Crippen LogP contribution in [0.5, 0.6) is 0 Å². The highest BCUT2D eigenvalue weighted by Crippen LogP contribution is 2.28. The third-order valence-electron chi connectivity index (χ3n) is 2.75. The highest BCUT2D eigenvalue weighted by molar-refractivity contribution is 6.33. The van der Waals surface area contributed by atoms with Gasteiger partial charge in [-0.3, -0.25) is 5.10 Å². The second-order valence-corrected chi connectivity index (χ2v) is 4.22. The van der Waals surface area contributed by atoms with Crippen molar-refractivity contribution in [2.45, 2.75) is 25.4 Å². The van der Waals surface area contributed by atoms with Gasteiger partial charge in [-0.15, -0.1) is 0 Å². The molecule has 0 saturated carbocycles. The summed E-state index contributed by atoms with van der Waals surface area (Å²) < 4.78 is 5.63. The van der Waals surface area contributed by atoms with Crippen LogP contribution >= 0.6 is 11.6 Å². The Labute approximate surface area is 97.2 Å². The van der Waals surface area contributed by atoms with E-state index < -0.39 is 0 Å². The zero-order valence-corrected chi connectivity index (χ0v) is 9.37. The predicted octanol–water partition coefficient (Wildman–Crippen LogP) is 2.25. The largest absolute Gasteiger partial charge is 0.370 e. The minimum atomic E-state index is -0.0288. The maximum absolute atomic E-state index is 6.06. The van der Waals surface area contributed by atoms with Gasteiger partial charge in [0.05, 0.1) is 11.6 Å². The van der Waals surface area contributed by atoms with Crippen LogP contribution < -0.4 is 0 Å². The summed E-state index contributed by atoms with van der Waals surface area (Å²) in [7, 11) is 0. The lowest BCUT2D eigenvalue weighted by molar-refractivity contribution is 0.00965. The number of nitrogens with zero attached hydrogens (tertiary/aromatic N) is 3. The van der Waals surface area contributed by atoms with Crippen molar-refractivity contribution in [3.8, 4) is 0 Å². The average Bonchev–Trinajstić information content (AvgIpc) is 2.79. The van der Waals surface area contributed by atoms with Gasteiger partial charge in [-0.2, -0.15) is 5.10 Å². The van der Waals surface area contributed by atoms with Crippen molar-refractivity contribution in [2.75, 3.05) is 6.61 Å². The van der Waals surface area contributed by atoms with Crippen LogP contribution in [0, 0.1) is 0 Å². The SMILES string of the molecule is Clc1nc(C2CCCCO2)nc2[nH]ncc12. The monoisotopic (exact) mass is 238 g/mol. The molecule has 1 fully saturated rings. The smallest absolute Gasteiger partial charge is 0.161 e. The molecular weight excluding hydrogens is 228 g/mol. The third kappa shape index (κ3) is 1.66. The van der Waals surface area contributed by atoms with E-state index in [9.17, 15) is 0 Å². The number of fused-ring (bicyclic) bond motifs is 1. The lowest BCUT2D eigenvalue weighted by Gasteiger charge is -2.21. The molecule has 84 valence electrons. The van der Waals surface area contributed by atoms with Gasteiger partial charge in [0.25, 0.3) is 0 Å². The molecule has 2 aromatic heterocycles. The number of aromatic nitrogens is 4. The number of nitrogens with one attached hydrogen (secondary N) is 1. The maximum Gasteiger partial charge on any atom is 0.161 e. The van der Waals surface area contributed by atoms with E-state index in [1.807, 2.05) is 0 Å².